The highest BCUT2D eigenvalue weighted by Crippen LogP contribution is 2.26. The lowest BCUT2D eigenvalue weighted by Crippen LogP contribution is -2.55. The Labute approximate surface area is 104 Å². The molecule has 2 rings (SSSR count). The summed E-state index contributed by atoms with van der Waals surface area (Å²) in [6, 6.07) is 7.39. The highest BCUT2D eigenvalue weighted by atomic mass is 15.3. The van der Waals surface area contributed by atoms with Crippen molar-refractivity contribution in [3.63, 3.8) is 0 Å². The normalized spacial score (nSPS) is 26.2. The number of aryl methyl sites for hydroxylation is 1. The molecule has 2 atom stereocenters. The van der Waals surface area contributed by atoms with Crippen molar-refractivity contribution < 1.29 is 0 Å². The van der Waals surface area contributed by atoms with Gasteiger partial charge in [0.15, 0.2) is 0 Å². The van der Waals surface area contributed by atoms with E-state index < -0.39 is 0 Å². The van der Waals surface area contributed by atoms with Crippen LogP contribution in [0.1, 0.15) is 19.4 Å². The predicted octanol–water partition coefficient (Wildman–Crippen LogP) is 2.11. The maximum absolute atomic E-state index is 5.81. The second-order valence-corrected chi connectivity index (χ2v) is 5.31. The van der Waals surface area contributed by atoms with E-state index >= 15 is 0 Å². The Morgan fingerprint density at radius 1 is 1.18 bits per heavy atom. The summed E-state index contributed by atoms with van der Waals surface area (Å²) in [4.78, 5) is 4.92. The molecule has 1 saturated heterocycles. The van der Waals surface area contributed by atoms with Gasteiger partial charge >= 0.3 is 0 Å². The Morgan fingerprint density at radius 2 is 1.76 bits per heavy atom. The summed E-state index contributed by atoms with van der Waals surface area (Å²) in [7, 11) is 2.21. The van der Waals surface area contributed by atoms with E-state index in [1.54, 1.807) is 0 Å². The minimum atomic E-state index is 0.593. The lowest BCUT2D eigenvalue weighted by atomic mass is 10.1. The molecule has 0 aliphatic carbocycles. The zero-order valence-electron chi connectivity index (χ0n) is 11.3. The molecule has 3 heteroatoms. The van der Waals surface area contributed by atoms with Crippen LogP contribution in [0.3, 0.4) is 0 Å². The van der Waals surface area contributed by atoms with Crippen LogP contribution in [-0.4, -0.2) is 37.1 Å². The Kier molecular flexibility index (Phi) is 3.29. The maximum Gasteiger partial charge on any atom is 0.0398 e. The maximum atomic E-state index is 5.81. The molecule has 2 N–H and O–H groups in total. The number of nitrogen functional groups attached to an aromatic ring is 1. The molecular formula is C14H23N3. The number of nitrogens with zero attached hydrogens (tertiary/aromatic N) is 2. The third-order valence-electron chi connectivity index (χ3n) is 3.92. The van der Waals surface area contributed by atoms with Crippen molar-refractivity contribution in [2.75, 3.05) is 30.8 Å². The van der Waals surface area contributed by atoms with Crippen LogP contribution in [0.15, 0.2) is 18.2 Å². The first kappa shape index (κ1) is 12.2. The van der Waals surface area contributed by atoms with Crippen LogP contribution in [0, 0.1) is 6.92 Å². The van der Waals surface area contributed by atoms with Crippen LogP contribution < -0.4 is 10.6 Å². The van der Waals surface area contributed by atoms with Gasteiger partial charge in [0.25, 0.3) is 0 Å². The largest absolute Gasteiger partial charge is 0.399 e. The first-order valence-corrected chi connectivity index (χ1v) is 6.32. The van der Waals surface area contributed by atoms with Crippen LogP contribution in [0.5, 0.6) is 0 Å². The van der Waals surface area contributed by atoms with Crippen LogP contribution in [0.2, 0.25) is 0 Å². The number of rotatable bonds is 1. The molecule has 1 heterocycles. The predicted molar refractivity (Wildman–Crippen MR) is 74.5 cm³/mol. The van der Waals surface area contributed by atoms with Crippen molar-refractivity contribution in [1.29, 1.82) is 0 Å². The van der Waals surface area contributed by atoms with Gasteiger partial charge in [0.1, 0.15) is 0 Å². The minimum Gasteiger partial charge on any atom is -0.399 e. The van der Waals surface area contributed by atoms with Gasteiger partial charge < -0.3 is 10.6 Å². The fourth-order valence-electron chi connectivity index (χ4n) is 2.63. The quantitative estimate of drug-likeness (QED) is 0.754. The van der Waals surface area contributed by atoms with Crippen molar-refractivity contribution >= 4 is 11.4 Å². The van der Waals surface area contributed by atoms with Gasteiger partial charge in [-0.05, 0) is 51.6 Å². The molecule has 1 aromatic carbocycles. The highest BCUT2D eigenvalue weighted by Gasteiger charge is 2.27. The van der Waals surface area contributed by atoms with E-state index in [0.29, 0.717) is 12.1 Å². The van der Waals surface area contributed by atoms with E-state index in [4.69, 9.17) is 5.73 Å². The monoisotopic (exact) mass is 233 g/mol. The van der Waals surface area contributed by atoms with Crippen molar-refractivity contribution in [1.82, 2.24) is 4.90 Å². The molecule has 0 amide bonds. The zero-order chi connectivity index (χ0) is 12.6. The molecule has 0 radical (unpaired) electrons. The SMILES string of the molecule is Cc1cc(N)ccc1N1CC(C)N(C)C(C)C1. The first-order chi connectivity index (χ1) is 7.99. The summed E-state index contributed by atoms with van der Waals surface area (Å²) in [5, 5.41) is 0. The molecule has 2 unspecified atom stereocenters. The number of anilines is 2. The topological polar surface area (TPSA) is 32.5 Å². The minimum absolute atomic E-state index is 0.593. The highest BCUT2D eigenvalue weighted by molar-refractivity contribution is 5.59. The molecule has 1 aliphatic rings. The number of benzene rings is 1. The van der Waals surface area contributed by atoms with E-state index in [2.05, 4.69) is 49.8 Å². The van der Waals surface area contributed by atoms with Crippen molar-refractivity contribution in [3.05, 3.63) is 23.8 Å². The van der Waals surface area contributed by atoms with E-state index in [1.165, 1.54) is 11.3 Å². The summed E-state index contributed by atoms with van der Waals surface area (Å²) in [6.45, 7) is 8.89. The fourth-order valence-corrected chi connectivity index (χ4v) is 2.63. The molecule has 0 spiro atoms. The average molecular weight is 233 g/mol. The molecule has 1 aromatic rings. The average Bonchev–Trinajstić information content (AvgIpc) is 2.25. The van der Waals surface area contributed by atoms with Crippen molar-refractivity contribution in [2.24, 2.45) is 0 Å². The summed E-state index contributed by atoms with van der Waals surface area (Å²) < 4.78 is 0. The van der Waals surface area contributed by atoms with Crippen molar-refractivity contribution in [3.8, 4) is 0 Å². The second kappa shape index (κ2) is 4.57. The summed E-state index contributed by atoms with van der Waals surface area (Å²) >= 11 is 0. The van der Waals surface area contributed by atoms with Gasteiger partial charge in [-0.15, -0.1) is 0 Å². The Morgan fingerprint density at radius 3 is 2.29 bits per heavy atom. The van der Waals surface area contributed by atoms with Crippen LogP contribution in [-0.2, 0) is 0 Å². The Bertz CT molecular complexity index is 390. The number of piperazine rings is 1. The Balaban J connectivity index is 2.23. The van der Waals surface area contributed by atoms with E-state index in [0.717, 1.165) is 18.8 Å². The first-order valence-electron chi connectivity index (χ1n) is 6.32. The summed E-state index contributed by atoms with van der Waals surface area (Å²) in [5.74, 6) is 0. The standard InChI is InChI=1S/C14H23N3/c1-10-7-13(15)5-6-14(10)17-8-11(2)16(4)12(3)9-17/h5-7,11-12H,8-9,15H2,1-4H3. The van der Waals surface area contributed by atoms with Gasteiger partial charge in [0, 0.05) is 36.5 Å². The van der Waals surface area contributed by atoms with Gasteiger partial charge in [0.05, 0.1) is 0 Å². The van der Waals surface area contributed by atoms with Crippen LogP contribution in [0.4, 0.5) is 11.4 Å². The van der Waals surface area contributed by atoms with Crippen molar-refractivity contribution in [2.45, 2.75) is 32.9 Å². The molecule has 0 bridgehead atoms. The third-order valence-corrected chi connectivity index (χ3v) is 3.92. The number of hydrogen-bond acceptors (Lipinski definition) is 3. The Hall–Kier alpha value is -1.22. The molecule has 3 nitrogen and oxygen atoms in total. The smallest absolute Gasteiger partial charge is 0.0398 e. The molecule has 1 fully saturated rings. The van der Waals surface area contributed by atoms with Gasteiger partial charge in [-0.25, -0.2) is 0 Å². The van der Waals surface area contributed by atoms with Gasteiger partial charge in [-0.1, -0.05) is 0 Å². The van der Waals surface area contributed by atoms with Crippen LogP contribution in [0.25, 0.3) is 0 Å². The molecular weight excluding hydrogens is 210 g/mol. The molecule has 94 valence electrons. The third kappa shape index (κ3) is 2.39. The van der Waals surface area contributed by atoms with E-state index in [-0.39, 0.29) is 0 Å². The van der Waals surface area contributed by atoms with E-state index in [1.807, 2.05) is 6.07 Å². The second-order valence-electron chi connectivity index (χ2n) is 5.31. The molecule has 17 heavy (non-hydrogen) atoms. The number of hydrogen-bond donors (Lipinski definition) is 1. The number of likely N-dealkylation sites (N-methyl/N-ethyl adjacent to an activating group) is 1. The molecule has 0 saturated carbocycles. The molecule has 0 aromatic heterocycles. The molecule has 1 aliphatic heterocycles. The number of nitrogens with two attached hydrogens (primary N) is 1. The van der Waals surface area contributed by atoms with Crippen LogP contribution >= 0.6 is 0 Å². The summed E-state index contributed by atoms with van der Waals surface area (Å²) in [6.07, 6.45) is 0. The lowest BCUT2D eigenvalue weighted by molar-refractivity contribution is 0.170. The zero-order valence-corrected chi connectivity index (χ0v) is 11.3. The fraction of sp³-hybridized carbons (Fsp3) is 0.571. The van der Waals surface area contributed by atoms with Gasteiger partial charge in [0.2, 0.25) is 0 Å². The van der Waals surface area contributed by atoms with Gasteiger partial charge in [-0.3, -0.25) is 4.90 Å². The van der Waals surface area contributed by atoms with E-state index in [9.17, 15) is 0 Å². The van der Waals surface area contributed by atoms with Gasteiger partial charge in [-0.2, -0.15) is 0 Å². The summed E-state index contributed by atoms with van der Waals surface area (Å²) in [5.41, 5.74) is 9.25. The lowest BCUT2D eigenvalue weighted by Gasteiger charge is -2.44.